The van der Waals surface area contributed by atoms with Crippen LogP contribution in [0.3, 0.4) is 0 Å². The first-order valence-electron chi connectivity index (χ1n) is 10.1. The van der Waals surface area contributed by atoms with Crippen LogP contribution in [0.25, 0.3) is 0 Å². The van der Waals surface area contributed by atoms with Crippen molar-refractivity contribution in [1.82, 2.24) is 5.32 Å². The van der Waals surface area contributed by atoms with Crippen LogP contribution in [-0.4, -0.2) is 24.0 Å². The van der Waals surface area contributed by atoms with Gasteiger partial charge in [-0.2, -0.15) is 0 Å². The molecule has 3 rings (SSSR count). The Bertz CT molecular complexity index is 876. The lowest BCUT2D eigenvalue weighted by Crippen LogP contribution is -2.36. The maximum Gasteiger partial charge on any atom is 0.255 e. The third kappa shape index (κ3) is 5.97. The molecule has 0 heterocycles. The molecule has 2 N–H and O–H groups in total. The summed E-state index contributed by atoms with van der Waals surface area (Å²) in [6.45, 7) is 3.86. The number of benzene rings is 2. The molecule has 0 saturated heterocycles. The van der Waals surface area contributed by atoms with Crippen LogP contribution < -0.4 is 15.4 Å². The molecule has 0 spiro atoms. The van der Waals surface area contributed by atoms with Gasteiger partial charge in [-0.1, -0.05) is 36.9 Å². The Balaban J connectivity index is 1.70. The Morgan fingerprint density at radius 1 is 1.03 bits per heavy atom. The molecule has 0 atom stereocenters. The molecule has 2 aromatic rings. The van der Waals surface area contributed by atoms with E-state index in [0.29, 0.717) is 27.6 Å². The van der Waals surface area contributed by atoms with Crippen LogP contribution in [-0.2, 0) is 0 Å². The molecule has 1 saturated carbocycles. The number of ether oxygens (including phenoxy) is 1. The number of carbonyl (C=O) groups excluding carboxylic acids is 2. The molecular weight excluding hydrogens is 388 g/mol. The number of carbonyl (C=O) groups is 2. The minimum atomic E-state index is -0.278. The van der Waals surface area contributed by atoms with Crippen molar-refractivity contribution in [3.63, 3.8) is 0 Å². The number of rotatable bonds is 6. The van der Waals surface area contributed by atoms with Crippen LogP contribution in [0, 0.1) is 0 Å². The number of hydrogen-bond acceptors (Lipinski definition) is 3. The van der Waals surface area contributed by atoms with Gasteiger partial charge < -0.3 is 15.4 Å². The second-order valence-electron chi connectivity index (χ2n) is 7.65. The standard InChI is InChI=1S/C23H27ClN2O3/c1-15(2)29-19-10-6-7-16(13-19)22(27)26-18-11-12-21(24)20(14-18)23(28)25-17-8-4-3-5-9-17/h6-7,10-15,17H,3-5,8-9H2,1-2H3,(H,25,28)(H,26,27). The zero-order chi connectivity index (χ0) is 20.8. The number of amides is 2. The van der Waals surface area contributed by atoms with E-state index in [0.717, 1.165) is 25.7 Å². The van der Waals surface area contributed by atoms with Crippen molar-refractivity contribution in [3.05, 3.63) is 58.6 Å². The molecule has 6 heteroatoms. The molecule has 2 amide bonds. The Hall–Kier alpha value is -2.53. The maximum absolute atomic E-state index is 12.7. The van der Waals surface area contributed by atoms with Crippen LogP contribution >= 0.6 is 11.6 Å². The van der Waals surface area contributed by atoms with Crippen molar-refractivity contribution >= 4 is 29.1 Å². The van der Waals surface area contributed by atoms with Crippen molar-refractivity contribution in [3.8, 4) is 5.75 Å². The highest BCUT2D eigenvalue weighted by Crippen LogP contribution is 2.24. The third-order valence-electron chi connectivity index (χ3n) is 4.88. The number of hydrogen-bond donors (Lipinski definition) is 2. The first kappa shape index (κ1) is 21.2. The fourth-order valence-corrected chi connectivity index (χ4v) is 3.68. The summed E-state index contributed by atoms with van der Waals surface area (Å²) in [5.74, 6) is 0.154. The number of anilines is 1. The fourth-order valence-electron chi connectivity index (χ4n) is 3.47. The van der Waals surface area contributed by atoms with Crippen molar-refractivity contribution in [2.24, 2.45) is 0 Å². The molecule has 0 aromatic heterocycles. The second kappa shape index (κ2) is 9.79. The highest BCUT2D eigenvalue weighted by Gasteiger charge is 2.19. The van der Waals surface area contributed by atoms with Gasteiger partial charge in [0, 0.05) is 17.3 Å². The van der Waals surface area contributed by atoms with Crippen molar-refractivity contribution in [1.29, 1.82) is 0 Å². The summed E-state index contributed by atoms with van der Waals surface area (Å²) < 4.78 is 5.64. The Kier molecular flexibility index (Phi) is 7.15. The van der Waals surface area contributed by atoms with Crippen LogP contribution in [0.2, 0.25) is 5.02 Å². The van der Waals surface area contributed by atoms with Crippen molar-refractivity contribution in [2.45, 2.75) is 58.1 Å². The van der Waals surface area contributed by atoms with Gasteiger partial charge in [-0.25, -0.2) is 0 Å². The Morgan fingerprint density at radius 2 is 1.79 bits per heavy atom. The van der Waals surface area contributed by atoms with Crippen LogP contribution in [0.4, 0.5) is 5.69 Å². The van der Waals surface area contributed by atoms with Gasteiger partial charge in [-0.3, -0.25) is 9.59 Å². The topological polar surface area (TPSA) is 67.4 Å². The quantitative estimate of drug-likeness (QED) is 0.661. The Morgan fingerprint density at radius 3 is 2.52 bits per heavy atom. The SMILES string of the molecule is CC(C)Oc1cccc(C(=O)Nc2ccc(Cl)c(C(=O)NC3CCCCC3)c2)c1. The van der Waals surface area contributed by atoms with E-state index < -0.39 is 0 Å². The molecule has 2 aromatic carbocycles. The van der Waals surface area contributed by atoms with E-state index in [2.05, 4.69) is 10.6 Å². The molecule has 0 unspecified atom stereocenters. The molecule has 1 fully saturated rings. The zero-order valence-corrected chi connectivity index (χ0v) is 17.6. The smallest absolute Gasteiger partial charge is 0.255 e. The van der Waals surface area contributed by atoms with Gasteiger partial charge in [-0.15, -0.1) is 0 Å². The fraction of sp³-hybridized carbons (Fsp3) is 0.391. The molecule has 1 aliphatic carbocycles. The zero-order valence-electron chi connectivity index (χ0n) is 16.8. The summed E-state index contributed by atoms with van der Waals surface area (Å²) in [6, 6.07) is 12.1. The lowest BCUT2D eigenvalue weighted by molar-refractivity contribution is 0.0926. The van der Waals surface area contributed by atoms with E-state index in [-0.39, 0.29) is 24.0 Å². The van der Waals surface area contributed by atoms with Gasteiger partial charge in [-0.05, 0) is 63.1 Å². The average molecular weight is 415 g/mol. The van der Waals surface area contributed by atoms with Gasteiger partial charge in [0.1, 0.15) is 5.75 Å². The molecule has 29 heavy (non-hydrogen) atoms. The minimum Gasteiger partial charge on any atom is -0.491 e. The van der Waals surface area contributed by atoms with E-state index in [1.54, 1.807) is 36.4 Å². The summed E-state index contributed by atoms with van der Waals surface area (Å²) >= 11 is 6.24. The number of nitrogens with one attached hydrogen (secondary N) is 2. The first-order valence-corrected chi connectivity index (χ1v) is 10.5. The lowest BCUT2D eigenvalue weighted by Gasteiger charge is -2.23. The van der Waals surface area contributed by atoms with E-state index in [1.165, 1.54) is 6.42 Å². The molecule has 5 nitrogen and oxygen atoms in total. The molecule has 0 radical (unpaired) electrons. The van der Waals surface area contributed by atoms with E-state index in [4.69, 9.17) is 16.3 Å². The molecule has 154 valence electrons. The maximum atomic E-state index is 12.7. The lowest BCUT2D eigenvalue weighted by atomic mass is 9.95. The second-order valence-corrected chi connectivity index (χ2v) is 8.06. The summed E-state index contributed by atoms with van der Waals surface area (Å²) in [5, 5.41) is 6.26. The highest BCUT2D eigenvalue weighted by molar-refractivity contribution is 6.34. The molecule has 0 aliphatic heterocycles. The summed E-state index contributed by atoms with van der Waals surface area (Å²) in [6.07, 6.45) is 5.50. The first-order chi connectivity index (χ1) is 13.9. The van der Waals surface area contributed by atoms with Crippen LogP contribution in [0.15, 0.2) is 42.5 Å². The van der Waals surface area contributed by atoms with Gasteiger partial charge in [0.05, 0.1) is 16.7 Å². The largest absolute Gasteiger partial charge is 0.491 e. The highest BCUT2D eigenvalue weighted by atomic mass is 35.5. The van der Waals surface area contributed by atoms with E-state index in [9.17, 15) is 9.59 Å². The predicted molar refractivity (Wildman–Crippen MR) is 116 cm³/mol. The predicted octanol–water partition coefficient (Wildman–Crippen LogP) is 5.44. The average Bonchev–Trinajstić information content (AvgIpc) is 2.70. The monoisotopic (exact) mass is 414 g/mol. The third-order valence-corrected chi connectivity index (χ3v) is 5.21. The number of halogens is 1. The molecule has 1 aliphatic rings. The van der Waals surface area contributed by atoms with Crippen LogP contribution in [0.5, 0.6) is 5.75 Å². The van der Waals surface area contributed by atoms with Crippen molar-refractivity contribution in [2.75, 3.05) is 5.32 Å². The van der Waals surface area contributed by atoms with Gasteiger partial charge >= 0.3 is 0 Å². The normalized spacial score (nSPS) is 14.5. The van der Waals surface area contributed by atoms with Crippen molar-refractivity contribution < 1.29 is 14.3 Å². The molecule has 0 bridgehead atoms. The van der Waals surface area contributed by atoms with E-state index >= 15 is 0 Å². The molecular formula is C23H27ClN2O3. The van der Waals surface area contributed by atoms with Gasteiger partial charge in [0.15, 0.2) is 0 Å². The Labute approximate surface area is 176 Å². The summed E-state index contributed by atoms with van der Waals surface area (Å²) in [7, 11) is 0. The summed E-state index contributed by atoms with van der Waals surface area (Å²) in [5.41, 5.74) is 1.36. The van der Waals surface area contributed by atoms with Gasteiger partial charge in [0.25, 0.3) is 11.8 Å². The van der Waals surface area contributed by atoms with E-state index in [1.807, 2.05) is 19.9 Å². The van der Waals surface area contributed by atoms with Crippen LogP contribution in [0.1, 0.15) is 66.7 Å². The minimum absolute atomic E-state index is 0.0230. The van der Waals surface area contributed by atoms with Gasteiger partial charge in [0.2, 0.25) is 0 Å². The summed E-state index contributed by atoms with van der Waals surface area (Å²) in [4.78, 5) is 25.3.